The van der Waals surface area contributed by atoms with E-state index in [2.05, 4.69) is 33.7 Å². The zero-order valence-electron chi connectivity index (χ0n) is 10.5. The topological polar surface area (TPSA) is 42.2 Å². The molecule has 0 radical (unpaired) electrons. The van der Waals surface area contributed by atoms with E-state index in [1.807, 2.05) is 24.3 Å². The number of aliphatic imine (C=N–C) groups is 1. The highest BCUT2D eigenvalue weighted by Gasteiger charge is 2.19. The maximum absolute atomic E-state index is 4.61. The molecule has 4 nitrogen and oxygen atoms in total. The van der Waals surface area contributed by atoms with Crippen molar-refractivity contribution in [1.29, 1.82) is 0 Å². The van der Waals surface area contributed by atoms with Crippen LogP contribution in [-0.4, -0.2) is 33.1 Å². The number of hydrogen-bond acceptors (Lipinski definition) is 3. The van der Waals surface area contributed by atoms with Crippen LogP contribution in [0.5, 0.6) is 0 Å². The highest BCUT2D eigenvalue weighted by atomic mass is 32.2. The molecular formula is C12H20N4S. The van der Waals surface area contributed by atoms with Gasteiger partial charge in [-0.1, -0.05) is 25.6 Å². The summed E-state index contributed by atoms with van der Waals surface area (Å²) in [7, 11) is 0. The average Bonchev–Trinajstić information content (AvgIpc) is 2.82. The molecule has 1 unspecified atom stereocenters. The van der Waals surface area contributed by atoms with E-state index < -0.39 is 0 Å². The zero-order valence-corrected chi connectivity index (χ0v) is 11.3. The molecule has 0 spiro atoms. The molecule has 1 aromatic rings. The smallest absolute Gasteiger partial charge is 0.156 e. The summed E-state index contributed by atoms with van der Waals surface area (Å²) in [6.45, 7) is 6.24. The summed E-state index contributed by atoms with van der Waals surface area (Å²) in [6, 6.07) is 0.586. The lowest BCUT2D eigenvalue weighted by Crippen LogP contribution is -2.41. The molecule has 17 heavy (non-hydrogen) atoms. The van der Waals surface area contributed by atoms with Crippen LogP contribution in [0.1, 0.15) is 20.3 Å². The molecule has 0 aromatic carbocycles. The van der Waals surface area contributed by atoms with Crippen molar-refractivity contribution in [3.63, 3.8) is 0 Å². The summed E-state index contributed by atoms with van der Waals surface area (Å²) in [5.41, 5.74) is 0. The van der Waals surface area contributed by atoms with Gasteiger partial charge in [0, 0.05) is 30.7 Å². The molecular weight excluding hydrogens is 232 g/mol. The third-order valence-corrected chi connectivity index (χ3v) is 3.91. The molecule has 1 N–H and O–H groups in total. The first-order valence-corrected chi connectivity index (χ1v) is 7.14. The molecule has 0 amide bonds. The van der Waals surface area contributed by atoms with Crippen LogP contribution >= 0.6 is 11.8 Å². The van der Waals surface area contributed by atoms with Gasteiger partial charge in [-0.3, -0.25) is 4.99 Å². The number of imidazole rings is 1. The molecule has 2 rings (SSSR count). The van der Waals surface area contributed by atoms with Gasteiger partial charge in [-0.2, -0.15) is 0 Å². The molecule has 0 saturated carbocycles. The lowest BCUT2D eigenvalue weighted by atomic mass is 10.0. The third-order valence-electron chi connectivity index (χ3n) is 2.95. The van der Waals surface area contributed by atoms with Crippen LogP contribution in [0, 0.1) is 5.92 Å². The minimum atomic E-state index is 0.586. The number of rotatable bonds is 4. The van der Waals surface area contributed by atoms with E-state index in [1.165, 1.54) is 12.2 Å². The Bertz CT molecular complexity index is 359. The van der Waals surface area contributed by atoms with E-state index in [0.717, 1.165) is 18.3 Å². The summed E-state index contributed by atoms with van der Waals surface area (Å²) in [5.74, 6) is 1.86. The molecule has 1 fully saturated rings. The van der Waals surface area contributed by atoms with E-state index in [1.54, 1.807) is 6.20 Å². The molecule has 0 aliphatic carbocycles. The lowest BCUT2D eigenvalue weighted by molar-refractivity contribution is 0.442. The van der Waals surface area contributed by atoms with Gasteiger partial charge in [0.1, 0.15) is 0 Å². The van der Waals surface area contributed by atoms with Gasteiger partial charge in [0.05, 0.1) is 12.9 Å². The second-order valence-electron chi connectivity index (χ2n) is 4.62. The standard InChI is InChI=1S/C12H20N4S/c1-10(2)11-3-8-17-12(15-11)14-5-7-16-6-4-13-9-16/h4,6,9-11H,3,5,7-8H2,1-2H3,(H,14,15). The summed E-state index contributed by atoms with van der Waals surface area (Å²) in [5, 5.41) is 4.63. The average molecular weight is 252 g/mol. The first kappa shape index (κ1) is 12.5. The number of amidine groups is 1. The van der Waals surface area contributed by atoms with Gasteiger partial charge < -0.3 is 9.88 Å². The predicted octanol–water partition coefficient (Wildman–Crippen LogP) is 1.99. The fraction of sp³-hybridized carbons (Fsp3) is 0.667. The molecule has 5 heteroatoms. The highest BCUT2D eigenvalue weighted by molar-refractivity contribution is 8.13. The Morgan fingerprint density at radius 2 is 2.53 bits per heavy atom. The molecule has 1 aromatic heterocycles. The number of hydrogen-bond donors (Lipinski definition) is 1. The van der Waals surface area contributed by atoms with Crippen LogP contribution < -0.4 is 5.32 Å². The van der Waals surface area contributed by atoms with Crippen LogP contribution in [0.3, 0.4) is 0 Å². The monoisotopic (exact) mass is 252 g/mol. The third kappa shape index (κ3) is 3.77. The summed E-state index contributed by atoms with van der Waals surface area (Å²) in [4.78, 5) is 8.63. The molecule has 2 heterocycles. The quantitative estimate of drug-likeness (QED) is 0.891. The van der Waals surface area contributed by atoms with Gasteiger partial charge in [0.25, 0.3) is 0 Å². The number of nitrogens with one attached hydrogen (secondary N) is 1. The Hall–Kier alpha value is -0.970. The first-order valence-electron chi connectivity index (χ1n) is 6.15. The molecule has 1 aliphatic rings. The number of nitrogens with zero attached hydrogens (tertiary/aromatic N) is 3. The first-order chi connectivity index (χ1) is 8.25. The number of aromatic nitrogens is 2. The van der Waals surface area contributed by atoms with Crippen LogP contribution in [0.2, 0.25) is 0 Å². The maximum Gasteiger partial charge on any atom is 0.156 e. The summed E-state index contributed by atoms with van der Waals surface area (Å²) >= 11 is 1.84. The van der Waals surface area contributed by atoms with Crippen LogP contribution in [0.4, 0.5) is 0 Å². The van der Waals surface area contributed by atoms with Crippen LogP contribution in [-0.2, 0) is 6.54 Å². The van der Waals surface area contributed by atoms with Crippen molar-refractivity contribution in [2.75, 3.05) is 12.3 Å². The van der Waals surface area contributed by atoms with E-state index >= 15 is 0 Å². The van der Waals surface area contributed by atoms with Gasteiger partial charge in [-0.05, 0) is 12.3 Å². The lowest BCUT2D eigenvalue weighted by Gasteiger charge is -2.28. The Balaban J connectivity index is 1.80. The fourth-order valence-electron chi connectivity index (χ4n) is 1.83. The van der Waals surface area contributed by atoms with Gasteiger partial charge in [0.2, 0.25) is 0 Å². The second kappa shape index (κ2) is 6.10. The van der Waals surface area contributed by atoms with E-state index in [0.29, 0.717) is 12.0 Å². The fourth-order valence-corrected chi connectivity index (χ4v) is 2.81. The largest absolute Gasteiger partial charge is 0.362 e. The Kier molecular flexibility index (Phi) is 4.48. The highest BCUT2D eigenvalue weighted by Crippen LogP contribution is 2.18. The molecule has 1 saturated heterocycles. The Labute approximate surface area is 107 Å². The van der Waals surface area contributed by atoms with Crippen molar-refractivity contribution in [1.82, 2.24) is 14.9 Å². The minimum absolute atomic E-state index is 0.586. The van der Waals surface area contributed by atoms with Crippen molar-refractivity contribution in [2.45, 2.75) is 32.9 Å². The van der Waals surface area contributed by atoms with E-state index in [4.69, 9.17) is 0 Å². The Morgan fingerprint density at radius 1 is 1.65 bits per heavy atom. The van der Waals surface area contributed by atoms with Crippen molar-refractivity contribution in [3.8, 4) is 0 Å². The van der Waals surface area contributed by atoms with Gasteiger partial charge >= 0.3 is 0 Å². The van der Waals surface area contributed by atoms with Gasteiger partial charge in [0.15, 0.2) is 5.17 Å². The van der Waals surface area contributed by atoms with Gasteiger partial charge in [-0.15, -0.1) is 0 Å². The molecule has 1 atom stereocenters. The summed E-state index contributed by atoms with van der Waals surface area (Å²) in [6.07, 6.45) is 6.84. The summed E-state index contributed by atoms with van der Waals surface area (Å²) < 4.78 is 2.05. The minimum Gasteiger partial charge on any atom is -0.362 e. The zero-order chi connectivity index (χ0) is 12.1. The predicted molar refractivity (Wildman–Crippen MR) is 73.4 cm³/mol. The second-order valence-corrected chi connectivity index (χ2v) is 5.70. The van der Waals surface area contributed by atoms with E-state index in [9.17, 15) is 0 Å². The van der Waals surface area contributed by atoms with Crippen LogP contribution in [0.15, 0.2) is 23.7 Å². The Morgan fingerprint density at radius 3 is 3.24 bits per heavy atom. The SMILES string of the molecule is CC(C)C1CCSC(=NCCn2ccnc2)N1. The van der Waals surface area contributed by atoms with Crippen molar-refractivity contribution in [2.24, 2.45) is 10.9 Å². The maximum atomic E-state index is 4.61. The number of thioether (sulfide) groups is 1. The van der Waals surface area contributed by atoms with E-state index in [-0.39, 0.29) is 0 Å². The molecule has 1 aliphatic heterocycles. The van der Waals surface area contributed by atoms with Gasteiger partial charge in [-0.25, -0.2) is 4.98 Å². The van der Waals surface area contributed by atoms with Crippen molar-refractivity contribution < 1.29 is 0 Å². The molecule has 94 valence electrons. The molecule has 0 bridgehead atoms. The normalized spacial score (nSPS) is 23.0. The van der Waals surface area contributed by atoms with Crippen LogP contribution in [0.25, 0.3) is 0 Å². The van der Waals surface area contributed by atoms with Crippen molar-refractivity contribution in [3.05, 3.63) is 18.7 Å². The van der Waals surface area contributed by atoms with Crippen molar-refractivity contribution >= 4 is 16.9 Å².